The number of terminal acetylenes is 1. The molecule has 4 nitrogen and oxygen atoms in total. The van der Waals surface area contributed by atoms with Gasteiger partial charge in [0, 0.05) is 13.1 Å². The summed E-state index contributed by atoms with van der Waals surface area (Å²) in [5.41, 5.74) is 0. The largest absolute Gasteiger partial charge is 0.469 e. The molecule has 0 aliphatic heterocycles. The zero-order valence-corrected chi connectivity index (χ0v) is 8.58. The van der Waals surface area contributed by atoms with Gasteiger partial charge in [0.15, 0.2) is 0 Å². The molecule has 0 N–H and O–H groups in total. The topological polar surface area (TPSA) is 46.6 Å². The summed E-state index contributed by atoms with van der Waals surface area (Å²) in [4.78, 5) is 23.7. The number of ether oxygens (including phenoxy) is 1. The molecule has 0 bridgehead atoms. The van der Waals surface area contributed by atoms with Crippen LogP contribution in [-0.2, 0) is 14.3 Å². The minimum atomic E-state index is -0.322. The van der Waals surface area contributed by atoms with Crippen LogP contribution in [0.4, 0.5) is 0 Å². The SMILES string of the molecule is C#CCC(=O)N(CC)CCC(=O)OC. The molecule has 0 aromatic carbocycles. The number of methoxy groups -OCH3 is 1. The van der Waals surface area contributed by atoms with Gasteiger partial charge in [-0.05, 0) is 6.92 Å². The van der Waals surface area contributed by atoms with E-state index in [4.69, 9.17) is 6.42 Å². The van der Waals surface area contributed by atoms with E-state index in [1.807, 2.05) is 6.92 Å². The molecule has 14 heavy (non-hydrogen) atoms. The number of rotatable bonds is 5. The third-order valence-corrected chi connectivity index (χ3v) is 1.80. The van der Waals surface area contributed by atoms with Crippen LogP contribution in [-0.4, -0.2) is 37.0 Å². The fourth-order valence-corrected chi connectivity index (χ4v) is 0.987. The molecule has 78 valence electrons. The second-order valence-corrected chi connectivity index (χ2v) is 2.68. The summed E-state index contributed by atoms with van der Waals surface area (Å²) >= 11 is 0. The predicted octanol–water partition coefficient (Wildman–Crippen LogP) is 0.421. The molecule has 1 amide bonds. The highest BCUT2D eigenvalue weighted by Crippen LogP contribution is 1.96. The summed E-state index contributed by atoms with van der Waals surface area (Å²) < 4.78 is 4.47. The summed E-state index contributed by atoms with van der Waals surface area (Å²) in [7, 11) is 1.32. The van der Waals surface area contributed by atoms with E-state index in [1.165, 1.54) is 12.0 Å². The maximum Gasteiger partial charge on any atom is 0.307 e. The van der Waals surface area contributed by atoms with Crippen molar-refractivity contribution in [1.29, 1.82) is 0 Å². The molecule has 0 aromatic heterocycles. The summed E-state index contributed by atoms with van der Waals surface area (Å²) in [6.45, 7) is 2.76. The number of nitrogens with zero attached hydrogens (tertiary/aromatic N) is 1. The van der Waals surface area contributed by atoms with Gasteiger partial charge < -0.3 is 9.64 Å². The van der Waals surface area contributed by atoms with Gasteiger partial charge in [0.05, 0.1) is 20.0 Å². The van der Waals surface area contributed by atoms with Crippen LogP contribution in [0.2, 0.25) is 0 Å². The molecule has 0 fully saturated rings. The van der Waals surface area contributed by atoms with Crippen molar-refractivity contribution in [2.24, 2.45) is 0 Å². The fourth-order valence-electron chi connectivity index (χ4n) is 0.987. The van der Waals surface area contributed by atoms with E-state index in [-0.39, 0.29) is 24.7 Å². The Bertz CT molecular complexity index is 242. The van der Waals surface area contributed by atoms with Gasteiger partial charge in [0.25, 0.3) is 0 Å². The molecule has 0 atom stereocenters. The Kier molecular flexibility index (Phi) is 6.21. The third kappa shape index (κ3) is 4.51. The molecular weight excluding hydrogens is 182 g/mol. The van der Waals surface area contributed by atoms with Crippen LogP contribution >= 0.6 is 0 Å². The van der Waals surface area contributed by atoms with Gasteiger partial charge in [-0.25, -0.2) is 0 Å². The summed E-state index contributed by atoms with van der Waals surface area (Å²) in [5.74, 6) is 1.83. The first-order chi connectivity index (χ1) is 6.65. The van der Waals surface area contributed by atoms with E-state index in [0.717, 1.165) is 0 Å². The zero-order valence-electron chi connectivity index (χ0n) is 8.58. The van der Waals surface area contributed by atoms with E-state index in [9.17, 15) is 9.59 Å². The zero-order chi connectivity index (χ0) is 11.0. The van der Waals surface area contributed by atoms with Crippen LogP contribution in [0.25, 0.3) is 0 Å². The molecule has 0 radical (unpaired) electrons. The monoisotopic (exact) mass is 197 g/mol. The van der Waals surface area contributed by atoms with Gasteiger partial charge in [0.1, 0.15) is 0 Å². The van der Waals surface area contributed by atoms with Gasteiger partial charge in [-0.2, -0.15) is 0 Å². The van der Waals surface area contributed by atoms with Crippen molar-refractivity contribution in [3.8, 4) is 12.3 Å². The van der Waals surface area contributed by atoms with E-state index in [2.05, 4.69) is 10.7 Å². The van der Waals surface area contributed by atoms with Crippen LogP contribution in [0.3, 0.4) is 0 Å². The summed E-state index contributed by atoms with van der Waals surface area (Å²) in [6.07, 6.45) is 5.30. The van der Waals surface area contributed by atoms with Crippen molar-refractivity contribution in [3.05, 3.63) is 0 Å². The smallest absolute Gasteiger partial charge is 0.307 e. The van der Waals surface area contributed by atoms with Crippen molar-refractivity contribution in [3.63, 3.8) is 0 Å². The minimum Gasteiger partial charge on any atom is -0.469 e. The first-order valence-electron chi connectivity index (χ1n) is 4.43. The molecule has 0 aromatic rings. The molecule has 0 spiro atoms. The highest BCUT2D eigenvalue weighted by molar-refractivity contribution is 5.79. The number of esters is 1. The predicted molar refractivity (Wildman–Crippen MR) is 52.3 cm³/mol. The Morgan fingerprint density at radius 2 is 2.14 bits per heavy atom. The van der Waals surface area contributed by atoms with Gasteiger partial charge in [-0.15, -0.1) is 6.42 Å². The van der Waals surface area contributed by atoms with E-state index < -0.39 is 0 Å². The highest BCUT2D eigenvalue weighted by atomic mass is 16.5. The Balaban J connectivity index is 3.97. The average Bonchev–Trinajstić information content (AvgIpc) is 2.18. The van der Waals surface area contributed by atoms with Crippen molar-refractivity contribution in [1.82, 2.24) is 4.90 Å². The van der Waals surface area contributed by atoms with Crippen LogP contribution < -0.4 is 0 Å². The lowest BCUT2D eigenvalue weighted by Gasteiger charge is -2.18. The fraction of sp³-hybridized carbons (Fsp3) is 0.600. The van der Waals surface area contributed by atoms with Crippen molar-refractivity contribution < 1.29 is 14.3 Å². The van der Waals surface area contributed by atoms with Gasteiger partial charge in [-0.1, -0.05) is 5.92 Å². The summed E-state index contributed by atoms with van der Waals surface area (Å²) in [6, 6.07) is 0. The van der Waals surface area contributed by atoms with Gasteiger partial charge in [-0.3, -0.25) is 9.59 Å². The maximum atomic E-state index is 11.3. The van der Waals surface area contributed by atoms with Gasteiger partial charge >= 0.3 is 5.97 Å². The van der Waals surface area contributed by atoms with E-state index >= 15 is 0 Å². The molecule has 0 saturated carbocycles. The average molecular weight is 197 g/mol. The van der Waals surface area contributed by atoms with Crippen molar-refractivity contribution in [2.45, 2.75) is 19.8 Å². The van der Waals surface area contributed by atoms with Crippen LogP contribution in [0.15, 0.2) is 0 Å². The molecule has 0 unspecified atom stereocenters. The Morgan fingerprint density at radius 3 is 2.57 bits per heavy atom. The first-order valence-corrected chi connectivity index (χ1v) is 4.43. The number of amides is 1. The molecule has 0 heterocycles. The number of carbonyl (C=O) groups is 2. The molecule has 0 rings (SSSR count). The molecule has 0 saturated heterocycles. The molecule has 0 aliphatic rings. The lowest BCUT2D eigenvalue weighted by molar-refractivity contribution is -0.141. The Morgan fingerprint density at radius 1 is 1.50 bits per heavy atom. The first kappa shape index (κ1) is 12.5. The molecule has 0 aliphatic carbocycles. The van der Waals surface area contributed by atoms with Crippen molar-refractivity contribution >= 4 is 11.9 Å². The number of hydrogen-bond donors (Lipinski definition) is 0. The number of carbonyl (C=O) groups excluding carboxylic acids is 2. The Hall–Kier alpha value is -1.50. The second-order valence-electron chi connectivity index (χ2n) is 2.68. The summed E-state index contributed by atoms with van der Waals surface area (Å²) in [5, 5.41) is 0. The van der Waals surface area contributed by atoms with E-state index in [0.29, 0.717) is 13.1 Å². The van der Waals surface area contributed by atoms with Crippen LogP contribution in [0, 0.1) is 12.3 Å². The molecular formula is C10H15NO3. The van der Waals surface area contributed by atoms with Crippen LogP contribution in [0.1, 0.15) is 19.8 Å². The maximum absolute atomic E-state index is 11.3. The quantitative estimate of drug-likeness (QED) is 0.474. The number of hydrogen-bond acceptors (Lipinski definition) is 3. The lowest BCUT2D eigenvalue weighted by atomic mass is 10.3. The van der Waals surface area contributed by atoms with Crippen molar-refractivity contribution in [2.75, 3.05) is 20.2 Å². The molecule has 4 heteroatoms. The second kappa shape index (κ2) is 6.96. The standard InChI is InChI=1S/C10H15NO3/c1-4-6-9(12)11(5-2)8-7-10(13)14-3/h1H,5-8H2,2-3H3. The van der Waals surface area contributed by atoms with Crippen LogP contribution in [0.5, 0.6) is 0 Å². The van der Waals surface area contributed by atoms with E-state index in [1.54, 1.807) is 0 Å². The Labute approximate surface area is 84.2 Å². The van der Waals surface area contributed by atoms with Gasteiger partial charge in [0.2, 0.25) is 5.91 Å². The minimum absolute atomic E-state index is 0.0784. The lowest BCUT2D eigenvalue weighted by Crippen LogP contribution is -2.32. The highest BCUT2D eigenvalue weighted by Gasteiger charge is 2.11. The third-order valence-electron chi connectivity index (χ3n) is 1.80. The normalized spacial score (nSPS) is 8.93.